The van der Waals surface area contributed by atoms with Gasteiger partial charge in [-0.15, -0.1) is 0 Å². The molecule has 1 heterocycles. The number of hydrogen-bond donors (Lipinski definition) is 0. The highest BCUT2D eigenvalue weighted by Crippen LogP contribution is 2.23. The zero-order valence-electron chi connectivity index (χ0n) is 10.4. The summed E-state index contributed by atoms with van der Waals surface area (Å²) < 4.78 is 4.84. The fourth-order valence-corrected chi connectivity index (χ4v) is 2.19. The first-order valence-corrected chi connectivity index (χ1v) is 5.96. The van der Waals surface area contributed by atoms with E-state index in [1.165, 1.54) is 0 Å². The molecule has 1 aliphatic heterocycles. The third kappa shape index (κ3) is 3.83. The second-order valence-corrected chi connectivity index (χ2v) is 4.78. The first kappa shape index (κ1) is 13.0. The van der Waals surface area contributed by atoms with Gasteiger partial charge in [0.2, 0.25) is 5.91 Å². The summed E-state index contributed by atoms with van der Waals surface area (Å²) >= 11 is 0. The number of amides is 1. The lowest BCUT2D eigenvalue weighted by Gasteiger charge is -2.16. The SMILES string of the molecule is CCOC(=O)CN1CC(CC(C)C)CC1=O. The number of likely N-dealkylation sites (tertiary alicyclic amines) is 1. The molecular formula is C12H21NO3. The molecule has 1 unspecified atom stereocenters. The Bertz CT molecular complexity index is 263. The fourth-order valence-electron chi connectivity index (χ4n) is 2.19. The Morgan fingerprint density at radius 2 is 2.25 bits per heavy atom. The number of carbonyl (C=O) groups is 2. The molecule has 0 spiro atoms. The molecule has 1 fully saturated rings. The van der Waals surface area contributed by atoms with Crippen LogP contribution in [0.15, 0.2) is 0 Å². The van der Waals surface area contributed by atoms with Crippen molar-refractivity contribution in [2.24, 2.45) is 11.8 Å². The Morgan fingerprint density at radius 3 is 2.81 bits per heavy atom. The van der Waals surface area contributed by atoms with Gasteiger partial charge in [0.15, 0.2) is 0 Å². The van der Waals surface area contributed by atoms with E-state index in [0.717, 1.165) is 6.42 Å². The number of carbonyl (C=O) groups excluding carboxylic acids is 2. The highest BCUT2D eigenvalue weighted by molar-refractivity contribution is 5.83. The zero-order chi connectivity index (χ0) is 12.1. The highest BCUT2D eigenvalue weighted by Gasteiger charge is 2.31. The van der Waals surface area contributed by atoms with E-state index in [9.17, 15) is 9.59 Å². The molecule has 1 amide bonds. The van der Waals surface area contributed by atoms with Gasteiger partial charge in [-0.25, -0.2) is 0 Å². The normalized spacial score (nSPS) is 20.6. The van der Waals surface area contributed by atoms with Crippen molar-refractivity contribution in [2.75, 3.05) is 19.7 Å². The first-order valence-electron chi connectivity index (χ1n) is 5.96. The first-order chi connectivity index (χ1) is 7.52. The van der Waals surface area contributed by atoms with E-state index in [-0.39, 0.29) is 18.4 Å². The van der Waals surface area contributed by atoms with Crippen LogP contribution in [0.3, 0.4) is 0 Å². The summed E-state index contributed by atoms with van der Waals surface area (Å²) in [6.07, 6.45) is 1.63. The minimum Gasteiger partial charge on any atom is -0.465 e. The smallest absolute Gasteiger partial charge is 0.325 e. The molecule has 1 rings (SSSR count). The van der Waals surface area contributed by atoms with E-state index in [1.54, 1.807) is 11.8 Å². The molecule has 0 aromatic rings. The van der Waals surface area contributed by atoms with Crippen molar-refractivity contribution in [3.63, 3.8) is 0 Å². The van der Waals surface area contributed by atoms with Crippen molar-refractivity contribution < 1.29 is 14.3 Å². The van der Waals surface area contributed by atoms with Gasteiger partial charge in [0.05, 0.1) is 6.61 Å². The lowest BCUT2D eigenvalue weighted by Crippen LogP contribution is -2.32. The summed E-state index contributed by atoms with van der Waals surface area (Å²) in [6, 6.07) is 0. The van der Waals surface area contributed by atoms with Crippen LogP contribution in [-0.4, -0.2) is 36.5 Å². The van der Waals surface area contributed by atoms with E-state index >= 15 is 0 Å². The summed E-state index contributed by atoms with van der Waals surface area (Å²) in [5.74, 6) is 0.780. The van der Waals surface area contributed by atoms with Crippen LogP contribution in [-0.2, 0) is 14.3 Å². The molecule has 4 nitrogen and oxygen atoms in total. The molecule has 0 bridgehead atoms. The molecule has 1 saturated heterocycles. The summed E-state index contributed by atoms with van der Waals surface area (Å²) in [7, 11) is 0. The molecule has 0 aromatic heterocycles. The third-order valence-electron chi connectivity index (χ3n) is 2.72. The number of esters is 1. The topological polar surface area (TPSA) is 46.6 Å². The van der Waals surface area contributed by atoms with Crippen LogP contribution in [0.2, 0.25) is 0 Å². The summed E-state index contributed by atoms with van der Waals surface area (Å²) in [5.41, 5.74) is 0. The molecule has 0 saturated carbocycles. The van der Waals surface area contributed by atoms with Gasteiger partial charge >= 0.3 is 5.97 Å². The van der Waals surface area contributed by atoms with Crippen molar-refractivity contribution in [3.8, 4) is 0 Å². The minimum atomic E-state index is -0.305. The van der Waals surface area contributed by atoms with E-state index in [2.05, 4.69) is 13.8 Å². The van der Waals surface area contributed by atoms with Gasteiger partial charge < -0.3 is 9.64 Å². The second-order valence-electron chi connectivity index (χ2n) is 4.78. The molecule has 0 N–H and O–H groups in total. The largest absolute Gasteiger partial charge is 0.465 e. The van der Waals surface area contributed by atoms with E-state index in [1.807, 2.05) is 0 Å². The van der Waals surface area contributed by atoms with Crippen LogP contribution >= 0.6 is 0 Å². The van der Waals surface area contributed by atoms with Crippen LogP contribution < -0.4 is 0 Å². The van der Waals surface area contributed by atoms with Gasteiger partial charge in [-0.05, 0) is 25.2 Å². The Morgan fingerprint density at radius 1 is 1.56 bits per heavy atom. The summed E-state index contributed by atoms with van der Waals surface area (Å²) in [4.78, 5) is 24.5. The Hall–Kier alpha value is -1.06. The second kappa shape index (κ2) is 5.87. The van der Waals surface area contributed by atoms with Gasteiger partial charge in [0.25, 0.3) is 0 Å². The maximum atomic E-state index is 11.6. The van der Waals surface area contributed by atoms with Gasteiger partial charge in [-0.1, -0.05) is 13.8 Å². The van der Waals surface area contributed by atoms with E-state index in [0.29, 0.717) is 31.4 Å². The van der Waals surface area contributed by atoms with Crippen molar-refractivity contribution in [1.29, 1.82) is 0 Å². The van der Waals surface area contributed by atoms with E-state index < -0.39 is 0 Å². The molecule has 0 radical (unpaired) electrons. The van der Waals surface area contributed by atoms with Gasteiger partial charge in [0.1, 0.15) is 6.54 Å². The molecule has 4 heteroatoms. The number of rotatable bonds is 5. The Labute approximate surface area is 96.9 Å². The molecule has 0 aromatic carbocycles. The third-order valence-corrected chi connectivity index (χ3v) is 2.72. The van der Waals surface area contributed by atoms with Gasteiger partial charge in [0, 0.05) is 13.0 Å². The maximum Gasteiger partial charge on any atom is 0.325 e. The average Bonchev–Trinajstić information content (AvgIpc) is 2.45. The minimum absolute atomic E-state index is 0.0821. The molecule has 0 aliphatic carbocycles. The summed E-state index contributed by atoms with van der Waals surface area (Å²) in [6.45, 7) is 7.26. The monoisotopic (exact) mass is 227 g/mol. The molecule has 1 aliphatic rings. The van der Waals surface area contributed by atoms with Crippen LogP contribution in [0.4, 0.5) is 0 Å². The quantitative estimate of drug-likeness (QED) is 0.668. The molecule has 1 atom stereocenters. The van der Waals surface area contributed by atoms with Crippen molar-refractivity contribution in [2.45, 2.75) is 33.6 Å². The molecule has 16 heavy (non-hydrogen) atoms. The van der Waals surface area contributed by atoms with Crippen molar-refractivity contribution in [3.05, 3.63) is 0 Å². The lowest BCUT2D eigenvalue weighted by atomic mass is 9.96. The Kier molecular flexibility index (Phi) is 4.77. The number of ether oxygens (including phenoxy) is 1. The molecular weight excluding hydrogens is 206 g/mol. The fraction of sp³-hybridized carbons (Fsp3) is 0.833. The predicted molar refractivity (Wildman–Crippen MR) is 60.8 cm³/mol. The van der Waals surface area contributed by atoms with Crippen LogP contribution in [0.5, 0.6) is 0 Å². The zero-order valence-corrected chi connectivity index (χ0v) is 10.4. The van der Waals surface area contributed by atoms with E-state index in [4.69, 9.17) is 4.74 Å². The maximum absolute atomic E-state index is 11.6. The van der Waals surface area contributed by atoms with Gasteiger partial charge in [-0.2, -0.15) is 0 Å². The van der Waals surface area contributed by atoms with Gasteiger partial charge in [-0.3, -0.25) is 9.59 Å². The molecule has 92 valence electrons. The van der Waals surface area contributed by atoms with Crippen LogP contribution in [0.1, 0.15) is 33.6 Å². The van der Waals surface area contributed by atoms with Crippen LogP contribution in [0, 0.1) is 11.8 Å². The highest BCUT2D eigenvalue weighted by atomic mass is 16.5. The average molecular weight is 227 g/mol. The predicted octanol–water partition coefficient (Wildman–Crippen LogP) is 1.44. The number of hydrogen-bond acceptors (Lipinski definition) is 3. The number of nitrogens with zero attached hydrogens (tertiary/aromatic N) is 1. The standard InChI is InChI=1S/C12H21NO3/c1-4-16-12(15)8-13-7-10(5-9(2)3)6-11(13)14/h9-10H,4-8H2,1-3H3. The Balaban J connectivity index is 2.39. The van der Waals surface area contributed by atoms with Crippen molar-refractivity contribution in [1.82, 2.24) is 4.90 Å². The van der Waals surface area contributed by atoms with Crippen molar-refractivity contribution >= 4 is 11.9 Å². The summed E-state index contributed by atoms with van der Waals surface area (Å²) in [5, 5.41) is 0. The van der Waals surface area contributed by atoms with Crippen LogP contribution in [0.25, 0.3) is 0 Å². The lowest BCUT2D eigenvalue weighted by molar-refractivity contribution is -0.147.